The van der Waals surface area contributed by atoms with Crippen molar-refractivity contribution >= 4 is 0 Å². The molecule has 0 aliphatic heterocycles. The fourth-order valence-electron chi connectivity index (χ4n) is 3.67. The van der Waals surface area contributed by atoms with Crippen LogP contribution in [0.2, 0.25) is 0 Å². The molecular formula is C18H20O2. The highest BCUT2D eigenvalue weighted by atomic mass is 16.3. The molecule has 0 saturated heterocycles. The van der Waals surface area contributed by atoms with Gasteiger partial charge in [-0.1, -0.05) is 32.9 Å². The van der Waals surface area contributed by atoms with E-state index < -0.39 is 0 Å². The topological polar surface area (TPSA) is 40.5 Å². The minimum atomic E-state index is 0.0866. The standard InChI is InChI=1S/C18H20O2/c1-11-10-18(2,3)17-15(11)8-14(20)9-16(17)12-5-4-6-13(19)7-12/h4-9,11,19-20H,10H2,1-3H3. The summed E-state index contributed by atoms with van der Waals surface area (Å²) in [6.07, 6.45) is 1.08. The summed E-state index contributed by atoms with van der Waals surface area (Å²) >= 11 is 0. The Morgan fingerprint density at radius 3 is 2.50 bits per heavy atom. The van der Waals surface area contributed by atoms with Gasteiger partial charge >= 0.3 is 0 Å². The molecule has 3 rings (SSSR count). The average molecular weight is 268 g/mol. The lowest BCUT2D eigenvalue weighted by Gasteiger charge is -2.23. The number of hydrogen-bond acceptors (Lipinski definition) is 2. The lowest BCUT2D eigenvalue weighted by atomic mass is 9.81. The highest BCUT2D eigenvalue weighted by Gasteiger charge is 2.37. The summed E-state index contributed by atoms with van der Waals surface area (Å²) in [5.74, 6) is 0.998. The van der Waals surface area contributed by atoms with E-state index in [4.69, 9.17) is 0 Å². The van der Waals surface area contributed by atoms with Gasteiger partial charge in [0.2, 0.25) is 0 Å². The molecule has 104 valence electrons. The molecule has 1 unspecified atom stereocenters. The second kappa shape index (κ2) is 4.27. The molecule has 1 aliphatic rings. The summed E-state index contributed by atoms with van der Waals surface area (Å²) in [7, 11) is 0. The minimum absolute atomic E-state index is 0.0866. The molecule has 0 fully saturated rings. The van der Waals surface area contributed by atoms with Crippen LogP contribution in [0.4, 0.5) is 0 Å². The van der Waals surface area contributed by atoms with E-state index in [1.54, 1.807) is 12.1 Å². The Morgan fingerprint density at radius 1 is 1.05 bits per heavy atom. The number of rotatable bonds is 1. The highest BCUT2D eigenvalue weighted by molar-refractivity contribution is 5.74. The maximum Gasteiger partial charge on any atom is 0.116 e. The van der Waals surface area contributed by atoms with Crippen molar-refractivity contribution < 1.29 is 10.2 Å². The van der Waals surface area contributed by atoms with Crippen LogP contribution in [0.1, 0.15) is 44.2 Å². The Morgan fingerprint density at radius 2 is 1.80 bits per heavy atom. The van der Waals surface area contributed by atoms with Crippen LogP contribution in [0, 0.1) is 0 Å². The largest absolute Gasteiger partial charge is 0.508 e. The van der Waals surface area contributed by atoms with Gasteiger partial charge in [-0.05, 0) is 64.3 Å². The van der Waals surface area contributed by atoms with Gasteiger partial charge in [-0.15, -0.1) is 0 Å². The predicted molar refractivity (Wildman–Crippen MR) is 81.3 cm³/mol. The van der Waals surface area contributed by atoms with Crippen LogP contribution in [0.15, 0.2) is 36.4 Å². The van der Waals surface area contributed by atoms with E-state index in [-0.39, 0.29) is 11.2 Å². The number of phenolic OH excluding ortho intramolecular Hbond substituents is 2. The molecule has 1 atom stereocenters. The van der Waals surface area contributed by atoms with E-state index in [0.29, 0.717) is 11.7 Å². The SMILES string of the molecule is CC1CC(C)(C)c2c(-c3cccc(O)c3)cc(O)cc21. The van der Waals surface area contributed by atoms with Crippen LogP contribution >= 0.6 is 0 Å². The Bertz CT molecular complexity index is 671. The molecule has 2 nitrogen and oxygen atoms in total. The molecular weight excluding hydrogens is 248 g/mol. The van der Waals surface area contributed by atoms with E-state index in [1.165, 1.54) is 11.1 Å². The molecule has 20 heavy (non-hydrogen) atoms. The maximum absolute atomic E-state index is 10.0. The van der Waals surface area contributed by atoms with Gasteiger partial charge in [-0.3, -0.25) is 0 Å². The molecule has 0 radical (unpaired) electrons. The fraction of sp³-hybridized carbons (Fsp3) is 0.333. The summed E-state index contributed by atoms with van der Waals surface area (Å²) in [6.45, 7) is 6.70. The first-order valence-electron chi connectivity index (χ1n) is 7.05. The quantitative estimate of drug-likeness (QED) is 0.796. The van der Waals surface area contributed by atoms with Gasteiger partial charge in [-0.2, -0.15) is 0 Å². The smallest absolute Gasteiger partial charge is 0.116 e. The lowest BCUT2D eigenvalue weighted by molar-refractivity contribution is 0.473. The molecule has 2 aromatic rings. The average Bonchev–Trinajstić information content (AvgIpc) is 2.58. The van der Waals surface area contributed by atoms with Crippen LogP contribution in [0.5, 0.6) is 11.5 Å². The molecule has 0 spiro atoms. The van der Waals surface area contributed by atoms with E-state index in [1.807, 2.05) is 24.3 Å². The summed E-state index contributed by atoms with van der Waals surface area (Å²) in [5.41, 5.74) is 4.61. The molecule has 0 amide bonds. The first-order valence-corrected chi connectivity index (χ1v) is 7.05. The summed E-state index contributed by atoms with van der Waals surface area (Å²) in [6, 6.07) is 10.9. The monoisotopic (exact) mass is 268 g/mol. The molecule has 2 aromatic carbocycles. The van der Waals surface area contributed by atoms with Gasteiger partial charge in [0.25, 0.3) is 0 Å². The van der Waals surface area contributed by atoms with E-state index in [2.05, 4.69) is 20.8 Å². The number of phenols is 2. The van der Waals surface area contributed by atoms with E-state index in [0.717, 1.165) is 17.5 Å². The Balaban J connectivity index is 2.30. The van der Waals surface area contributed by atoms with Crippen LogP contribution < -0.4 is 0 Å². The zero-order valence-electron chi connectivity index (χ0n) is 12.1. The molecule has 0 aromatic heterocycles. The van der Waals surface area contributed by atoms with Crippen LogP contribution in [-0.2, 0) is 5.41 Å². The van der Waals surface area contributed by atoms with Crippen molar-refractivity contribution in [3.8, 4) is 22.6 Å². The number of hydrogen-bond donors (Lipinski definition) is 2. The van der Waals surface area contributed by atoms with Gasteiger partial charge in [0.1, 0.15) is 11.5 Å². The number of aromatic hydroxyl groups is 2. The van der Waals surface area contributed by atoms with Gasteiger partial charge in [-0.25, -0.2) is 0 Å². The Kier molecular flexibility index (Phi) is 2.79. The molecule has 0 bridgehead atoms. The van der Waals surface area contributed by atoms with Crippen LogP contribution in [-0.4, -0.2) is 10.2 Å². The van der Waals surface area contributed by atoms with Crippen molar-refractivity contribution in [2.75, 3.05) is 0 Å². The molecule has 2 heteroatoms. The Labute approximate surface area is 119 Å². The van der Waals surface area contributed by atoms with E-state index in [9.17, 15) is 10.2 Å². The third-order valence-electron chi connectivity index (χ3n) is 4.33. The zero-order chi connectivity index (χ0) is 14.5. The predicted octanol–water partition coefficient (Wildman–Crippen LogP) is 4.55. The van der Waals surface area contributed by atoms with Crippen molar-refractivity contribution in [3.63, 3.8) is 0 Å². The normalized spacial score (nSPS) is 19.9. The van der Waals surface area contributed by atoms with E-state index >= 15 is 0 Å². The first kappa shape index (κ1) is 13.0. The first-order chi connectivity index (χ1) is 9.38. The molecule has 2 N–H and O–H groups in total. The van der Waals surface area contributed by atoms with Gasteiger partial charge in [0.15, 0.2) is 0 Å². The van der Waals surface area contributed by atoms with Gasteiger partial charge < -0.3 is 10.2 Å². The minimum Gasteiger partial charge on any atom is -0.508 e. The fourth-order valence-corrected chi connectivity index (χ4v) is 3.67. The second-order valence-electron chi connectivity index (χ2n) is 6.50. The van der Waals surface area contributed by atoms with Crippen LogP contribution in [0.3, 0.4) is 0 Å². The van der Waals surface area contributed by atoms with Crippen molar-refractivity contribution in [1.82, 2.24) is 0 Å². The third kappa shape index (κ3) is 1.96. The molecule has 0 heterocycles. The Hall–Kier alpha value is -1.96. The zero-order valence-corrected chi connectivity index (χ0v) is 12.1. The number of fused-ring (bicyclic) bond motifs is 1. The van der Waals surface area contributed by atoms with Gasteiger partial charge in [0, 0.05) is 0 Å². The van der Waals surface area contributed by atoms with Crippen molar-refractivity contribution in [2.24, 2.45) is 0 Å². The van der Waals surface area contributed by atoms with Crippen molar-refractivity contribution in [2.45, 2.75) is 38.5 Å². The third-order valence-corrected chi connectivity index (χ3v) is 4.33. The van der Waals surface area contributed by atoms with Crippen molar-refractivity contribution in [1.29, 1.82) is 0 Å². The van der Waals surface area contributed by atoms with Crippen molar-refractivity contribution in [3.05, 3.63) is 47.5 Å². The summed E-state index contributed by atoms with van der Waals surface area (Å²) < 4.78 is 0. The summed E-state index contributed by atoms with van der Waals surface area (Å²) in [5, 5.41) is 19.7. The second-order valence-corrected chi connectivity index (χ2v) is 6.50. The maximum atomic E-state index is 10.0. The van der Waals surface area contributed by atoms with Gasteiger partial charge in [0.05, 0.1) is 0 Å². The molecule has 1 aliphatic carbocycles. The summed E-state index contributed by atoms with van der Waals surface area (Å²) in [4.78, 5) is 0. The lowest BCUT2D eigenvalue weighted by Crippen LogP contribution is -2.13. The van der Waals surface area contributed by atoms with Crippen LogP contribution in [0.25, 0.3) is 11.1 Å². The number of benzene rings is 2. The highest BCUT2D eigenvalue weighted by Crippen LogP contribution is 2.51. The molecule has 0 saturated carbocycles.